The number of aliphatic hydroxyl groups is 1. The number of aliphatic hydroxyl groups excluding tert-OH is 1. The zero-order valence-electron chi connectivity index (χ0n) is 23.5. The molecule has 1 aromatic heterocycles. The van der Waals surface area contributed by atoms with E-state index >= 15 is 0 Å². The summed E-state index contributed by atoms with van der Waals surface area (Å²) in [5.41, 5.74) is 3.48. The predicted molar refractivity (Wildman–Crippen MR) is 153 cm³/mol. The molecular formula is C30H36N4O5S. The van der Waals surface area contributed by atoms with Gasteiger partial charge < -0.3 is 14.7 Å². The molecule has 40 heavy (non-hydrogen) atoms. The second-order valence-electron chi connectivity index (χ2n) is 12.0. The van der Waals surface area contributed by atoms with E-state index in [4.69, 9.17) is 4.74 Å². The number of sulfonamides is 1. The van der Waals surface area contributed by atoms with Crippen LogP contribution in [-0.2, 0) is 10.0 Å². The molecule has 3 aromatic rings. The molecule has 10 heteroatoms. The van der Waals surface area contributed by atoms with Crippen LogP contribution in [0, 0.1) is 19.3 Å². The topological polar surface area (TPSA) is 122 Å². The number of carbonyl (C=O) groups excluding carboxylic acids is 1. The van der Waals surface area contributed by atoms with Crippen LogP contribution in [0.2, 0.25) is 0 Å². The summed E-state index contributed by atoms with van der Waals surface area (Å²) >= 11 is 0. The molecule has 0 unspecified atom stereocenters. The third kappa shape index (κ3) is 5.83. The molecule has 0 spiro atoms. The molecule has 1 fully saturated rings. The van der Waals surface area contributed by atoms with Gasteiger partial charge in [-0.05, 0) is 67.9 Å². The van der Waals surface area contributed by atoms with Crippen molar-refractivity contribution < 1.29 is 23.1 Å². The third-order valence-corrected chi connectivity index (χ3v) is 8.76. The Labute approximate surface area is 235 Å². The summed E-state index contributed by atoms with van der Waals surface area (Å²) < 4.78 is 35.7. The van der Waals surface area contributed by atoms with Gasteiger partial charge in [-0.15, -0.1) is 0 Å². The Bertz CT molecular complexity index is 1520. The van der Waals surface area contributed by atoms with Gasteiger partial charge in [-0.1, -0.05) is 45.0 Å². The maximum atomic E-state index is 14.0. The van der Waals surface area contributed by atoms with Crippen molar-refractivity contribution in [2.45, 2.75) is 77.0 Å². The lowest BCUT2D eigenvalue weighted by atomic mass is 9.83. The standard InChI is InChI=1S/C30H36N4O5S/c1-18-8-6-9-19(2)27(18)25-15-26-32-29(31-25)33-40(37,38)24-11-7-10-20(12-24)28(36)34(21-13-23(35)14-21)22(17-39-26)16-30(3,4)5/h6-12,15,21-23,35H,13-14,16-17H2,1-5H3,(H,31,32,33)/t21?,22-,23?/m1/s1. The highest BCUT2D eigenvalue weighted by molar-refractivity contribution is 7.92. The summed E-state index contributed by atoms with van der Waals surface area (Å²) in [6, 6.07) is 13.1. The molecule has 1 saturated carbocycles. The van der Waals surface area contributed by atoms with Gasteiger partial charge in [0.1, 0.15) is 6.61 Å². The minimum atomic E-state index is -4.12. The molecule has 1 atom stereocenters. The van der Waals surface area contributed by atoms with E-state index in [1.54, 1.807) is 23.1 Å². The summed E-state index contributed by atoms with van der Waals surface area (Å²) in [4.78, 5) is 24.7. The van der Waals surface area contributed by atoms with E-state index < -0.39 is 16.1 Å². The van der Waals surface area contributed by atoms with E-state index in [0.717, 1.165) is 16.7 Å². The van der Waals surface area contributed by atoms with Gasteiger partial charge in [-0.2, -0.15) is 4.98 Å². The molecule has 1 aliphatic carbocycles. The highest BCUT2D eigenvalue weighted by atomic mass is 32.2. The van der Waals surface area contributed by atoms with Crippen molar-refractivity contribution in [3.63, 3.8) is 0 Å². The van der Waals surface area contributed by atoms with E-state index in [1.807, 2.05) is 32.0 Å². The SMILES string of the molecule is Cc1cccc(C)c1-c1cc2nc(n1)NS(=O)(=O)c1cccc(c1)C(=O)N(C1CC(O)C1)[C@H](CC(C)(C)C)CO2. The second kappa shape index (κ2) is 10.5. The van der Waals surface area contributed by atoms with Crippen LogP contribution in [0.25, 0.3) is 11.3 Å². The van der Waals surface area contributed by atoms with Crippen molar-refractivity contribution in [3.8, 4) is 17.1 Å². The minimum Gasteiger partial charge on any atom is -0.475 e. The molecule has 212 valence electrons. The first-order chi connectivity index (χ1) is 18.8. The number of aryl methyl sites for hydroxylation is 2. The van der Waals surface area contributed by atoms with Crippen LogP contribution in [0.4, 0.5) is 5.95 Å². The fourth-order valence-electron chi connectivity index (χ4n) is 5.56. The summed E-state index contributed by atoms with van der Waals surface area (Å²) in [6.45, 7) is 10.4. The Morgan fingerprint density at radius 2 is 1.73 bits per heavy atom. The van der Waals surface area contributed by atoms with Crippen LogP contribution in [0.3, 0.4) is 0 Å². The number of nitrogens with one attached hydrogen (secondary N) is 1. The fraction of sp³-hybridized carbons (Fsp3) is 0.433. The van der Waals surface area contributed by atoms with Crippen molar-refractivity contribution in [2.75, 3.05) is 11.3 Å². The van der Waals surface area contributed by atoms with Gasteiger partial charge in [0, 0.05) is 23.2 Å². The lowest BCUT2D eigenvalue weighted by Crippen LogP contribution is -2.56. The van der Waals surface area contributed by atoms with Gasteiger partial charge in [0.25, 0.3) is 15.9 Å². The van der Waals surface area contributed by atoms with Crippen LogP contribution in [0.1, 0.15) is 61.5 Å². The number of ether oxygens (including phenoxy) is 1. The first-order valence-corrected chi connectivity index (χ1v) is 15.0. The highest BCUT2D eigenvalue weighted by Crippen LogP contribution is 2.35. The maximum absolute atomic E-state index is 14.0. The summed E-state index contributed by atoms with van der Waals surface area (Å²) in [6.07, 6.45) is 1.07. The van der Waals surface area contributed by atoms with Crippen LogP contribution in [0.5, 0.6) is 5.88 Å². The van der Waals surface area contributed by atoms with Gasteiger partial charge in [0.05, 0.1) is 22.7 Å². The lowest BCUT2D eigenvalue weighted by Gasteiger charge is -2.46. The number of carbonyl (C=O) groups is 1. The van der Waals surface area contributed by atoms with Crippen molar-refractivity contribution in [2.24, 2.45) is 5.41 Å². The van der Waals surface area contributed by atoms with Gasteiger partial charge in [-0.25, -0.2) is 18.1 Å². The van der Waals surface area contributed by atoms with E-state index in [9.17, 15) is 18.3 Å². The molecule has 0 radical (unpaired) electrons. The molecule has 0 saturated heterocycles. The van der Waals surface area contributed by atoms with E-state index in [1.165, 1.54) is 12.1 Å². The molecule has 2 N–H and O–H groups in total. The van der Waals surface area contributed by atoms with Crippen LogP contribution in [0.15, 0.2) is 53.4 Å². The minimum absolute atomic E-state index is 0.0675. The van der Waals surface area contributed by atoms with Crippen molar-refractivity contribution >= 4 is 21.9 Å². The van der Waals surface area contributed by atoms with Crippen molar-refractivity contribution in [3.05, 3.63) is 65.2 Å². The number of anilines is 1. The number of hydrogen-bond donors (Lipinski definition) is 2. The Balaban J connectivity index is 1.67. The molecule has 5 rings (SSSR count). The maximum Gasteiger partial charge on any atom is 0.264 e. The van der Waals surface area contributed by atoms with Crippen LogP contribution in [-0.4, -0.2) is 59.1 Å². The van der Waals surface area contributed by atoms with Crippen molar-refractivity contribution in [1.29, 1.82) is 0 Å². The molecule has 9 nitrogen and oxygen atoms in total. The Kier molecular flexibility index (Phi) is 7.35. The Hall–Kier alpha value is -3.50. The van der Waals surface area contributed by atoms with Gasteiger partial charge in [0.15, 0.2) is 0 Å². The van der Waals surface area contributed by atoms with Crippen molar-refractivity contribution in [1.82, 2.24) is 14.9 Å². The number of hydrogen-bond acceptors (Lipinski definition) is 7. The van der Waals surface area contributed by atoms with Gasteiger partial charge in [-0.3, -0.25) is 4.79 Å². The Morgan fingerprint density at radius 1 is 1.05 bits per heavy atom. The molecule has 2 heterocycles. The van der Waals surface area contributed by atoms with E-state index in [-0.39, 0.29) is 52.3 Å². The van der Waals surface area contributed by atoms with Gasteiger partial charge in [0.2, 0.25) is 11.8 Å². The molecule has 4 bridgehead atoms. The quantitative estimate of drug-likeness (QED) is 0.472. The summed E-state index contributed by atoms with van der Waals surface area (Å²) in [5.74, 6) is -0.200. The molecule has 1 amide bonds. The predicted octanol–water partition coefficient (Wildman–Crippen LogP) is 4.72. The van der Waals surface area contributed by atoms with Crippen LogP contribution < -0.4 is 9.46 Å². The molecular weight excluding hydrogens is 528 g/mol. The lowest BCUT2D eigenvalue weighted by molar-refractivity contribution is -0.0226. The van der Waals surface area contributed by atoms with E-state index in [0.29, 0.717) is 25.0 Å². The number of nitrogens with zero attached hydrogens (tertiary/aromatic N) is 3. The van der Waals surface area contributed by atoms with E-state index in [2.05, 4.69) is 35.5 Å². The number of aromatic nitrogens is 2. The number of fused-ring (bicyclic) bond motifs is 4. The Morgan fingerprint density at radius 3 is 2.38 bits per heavy atom. The number of amides is 1. The number of rotatable bonds is 3. The summed E-state index contributed by atoms with van der Waals surface area (Å²) in [7, 11) is -4.12. The number of benzene rings is 2. The first-order valence-electron chi connectivity index (χ1n) is 13.5. The zero-order chi connectivity index (χ0) is 28.8. The smallest absolute Gasteiger partial charge is 0.264 e. The average Bonchev–Trinajstić information content (AvgIpc) is 2.84. The van der Waals surface area contributed by atoms with Gasteiger partial charge >= 0.3 is 0 Å². The highest BCUT2D eigenvalue weighted by Gasteiger charge is 2.41. The largest absolute Gasteiger partial charge is 0.475 e. The fourth-order valence-corrected chi connectivity index (χ4v) is 6.55. The zero-order valence-corrected chi connectivity index (χ0v) is 24.3. The molecule has 2 aliphatic rings. The second-order valence-corrected chi connectivity index (χ2v) is 13.7. The normalized spacial score (nSPS) is 22.6. The average molecular weight is 565 g/mol. The summed E-state index contributed by atoms with van der Waals surface area (Å²) in [5, 5.41) is 10.1. The molecule has 1 aliphatic heterocycles. The monoisotopic (exact) mass is 564 g/mol. The van der Waals surface area contributed by atoms with Crippen LogP contribution >= 0.6 is 0 Å². The third-order valence-electron chi connectivity index (χ3n) is 7.44. The first kappa shape index (κ1) is 28.0. The molecule has 2 aromatic carbocycles.